The maximum atomic E-state index is 11.4. The molecule has 94 valence electrons. The minimum absolute atomic E-state index is 0.0287. The van der Waals surface area contributed by atoms with Crippen LogP contribution in [-0.4, -0.2) is 23.5 Å². The number of benzene rings is 1. The van der Waals surface area contributed by atoms with Gasteiger partial charge in [-0.2, -0.15) is 0 Å². The largest absolute Gasteiger partial charge is 0.368 e. The van der Waals surface area contributed by atoms with Crippen molar-refractivity contribution in [3.05, 3.63) is 35.9 Å². The van der Waals surface area contributed by atoms with E-state index in [-0.39, 0.29) is 6.04 Å². The molecule has 0 saturated heterocycles. The van der Waals surface area contributed by atoms with Crippen molar-refractivity contribution in [2.24, 2.45) is 11.5 Å². The van der Waals surface area contributed by atoms with E-state index in [1.165, 1.54) is 0 Å². The first-order valence-electron chi connectivity index (χ1n) is 5.77. The zero-order valence-corrected chi connectivity index (χ0v) is 10.2. The van der Waals surface area contributed by atoms with Crippen LogP contribution in [0.5, 0.6) is 0 Å². The molecule has 0 fully saturated rings. The van der Waals surface area contributed by atoms with E-state index < -0.39 is 5.91 Å². The monoisotopic (exact) mass is 244 g/mol. The number of para-hydroxylation sites is 1. The lowest BCUT2D eigenvalue weighted by Gasteiger charge is -2.12. The van der Waals surface area contributed by atoms with Crippen molar-refractivity contribution >= 4 is 22.6 Å². The molecule has 2 rings (SSSR count). The SMILES string of the molecule is CC(N)CNc1nc2ccccc2cc1C(N)=O. The Kier molecular flexibility index (Phi) is 3.43. The summed E-state index contributed by atoms with van der Waals surface area (Å²) in [6.07, 6.45) is 0. The number of aromatic nitrogens is 1. The molecule has 5 nitrogen and oxygen atoms in total. The van der Waals surface area contributed by atoms with Gasteiger partial charge in [0.15, 0.2) is 0 Å². The summed E-state index contributed by atoms with van der Waals surface area (Å²) >= 11 is 0. The van der Waals surface area contributed by atoms with Crippen LogP contribution in [0.4, 0.5) is 5.82 Å². The second-order valence-corrected chi connectivity index (χ2v) is 4.30. The number of hydrogen-bond donors (Lipinski definition) is 3. The van der Waals surface area contributed by atoms with Crippen molar-refractivity contribution in [1.29, 1.82) is 0 Å². The third kappa shape index (κ3) is 2.57. The summed E-state index contributed by atoms with van der Waals surface area (Å²) in [6, 6.07) is 9.28. The third-order valence-corrected chi connectivity index (χ3v) is 2.58. The highest BCUT2D eigenvalue weighted by Crippen LogP contribution is 2.19. The summed E-state index contributed by atoms with van der Waals surface area (Å²) in [5, 5.41) is 3.94. The molecule has 0 aliphatic rings. The van der Waals surface area contributed by atoms with Gasteiger partial charge in [-0.1, -0.05) is 18.2 Å². The van der Waals surface area contributed by atoms with Crippen LogP contribution >= 0.6 is 0 Å². The van der Waals surface area contributed by atoms with Crippen LogP contribution in [0.2, 0.25) is 0 Å². The van der Waals surface area contributed by atoms with Crippen LogP contribution in [0.25, 0.3) is 10.9 Å². The fraction of sp³-hybridized carbons (Fsp3) is 0.231. The second-order valence-electron chi connectivity index (χ2n) is 4.30. The zero-order valence-electron chi connectivity index (χ0n) is 10.2. The van der Waals surface area contributed by atoms with E-state index in [1.54, 1.807) is 6.07 Å². The molecule has 1 amide bonds. The number of rotatable bonds is 4. The van der Waals surface area contributed by atoms with Gasteiger partial charge in [0.25, 0.3) is 5.91 Å². The molecule has 1 atom stereocenters. The summed E-state index contributed by atoms with van der Waals surface area (Å²) < 4.78 is 0. The Labute approximate surface area is 105 Å². The van der Waals surface area contributed by atoms with Gasteiger partial charge >= 0.3 is 0 Å². The minimum atomic E-state index is -0.500. The Morgan fingerprint density at radius 3 is 2.83 bits per heavy atom. The molecule has 0 bridgehead atoms. The molecular weight excluding hydrogens is 228 g/mol. The number of fused-ring (bicyclic) bond motifs is 1. The number of primary amides is 1. The average Bonchev–Trinajstić information content (AvgIpc) is 2.35. The Hall–Kier alpha value is -2.14. The van der Waals surface area contributed by atoms with E-state index in [1.807, 2.05) is 31.2 Å². The van der Waals surface area contributed by atoms with Crippen molar-refractivity contribution in [2.75, 3.05) is 11.9 Å². The number of amides is 1. The van der Waals surface area contributed by atoms with E-state index in [2.05, 4.69) is 10.3 Å². The van der Waals surface area contributed by atoms with Gasteiger partial charge < -0.3 is 16.8 Å². The Balaban J connectivity index is 2.47. The normalized spacial score (nSPS) is 12.3. The highest BCUT2D eigenvalue weighted by molar-refractivity contribution is 6.01. The van der Waals surface area contributed by atoms with Crippen LogP contribution in [0.15, 0.2) is 30.3 Å². The molecule has 2 aromatic rings. The summed E-state index contributed by atoms with van der Waals surface area (Å²) in [4.78, 5) is 15.8. The standard InChI is InChI=1S/C13H16N4O/c1-8(14)7-16-13-10(12(15)18)6-9-4-2-3-5-11(9)17-13/h2-6,8H,7,14H2,1H3,(H2,15,18)(H,16,17). The van der Waals surface area contributed by atoms with Gasteiger partial charge in [-0.25, -0.2) is 4.98 Å². The molecule has 0 saturated carbocycles. The number of nitrogens with one attached hydrogen (secondary N) is 1. The number of pyridine rings is 1. The van der Waals surface area contributed by atoms with Gasteiger partial charge in [0, 0.05) is 18.0 Å². The van der Waals surface area contributed by atoms with Crippen LogP contribution in [0.3, 0.4) is 0 Å². The lowest BCUT2D eigenvalue weighted by Crippen LogP contribution is -2.27. The molecule has 1 aromatic carbocycles. The topological polar surface area (TPSA) is 94.0 Å². The maximum Gasteiger partial charge on any atom is 0.252 e. The predicted molar refractivity (Wildman–Crippen MR) is 72.4 cm³/mol. The van der Waals surface area contributed by atoms with Gasteiger partial charge in [0.1, 0.15) is 5.82 Å². The number of nitrogens with zero attached hydrogens (tertiary/aromatic N) is 1. The van der Waals surface area contributed by atoms with Gasteiger partial charge in [0.2, 0.25) is 0 Å². The first kappa shape index (κ1) is 12.3. The molecular formula is C13H16N4O. The molecule has 5 N–H and O–H groups in total. The fourth-order valence-corrected chi connectivity index (χ4v) is 1.70. The van der Waals surface area contributed by atoms with Crippen LogP contribution in [0.1, 0.15) is 17.3 Å². The van der Waals surface area contributed by atoms with E-state index in [9.17, 15) is 4.79 Å². The summed E-state index contributed by atoms with van der Waals surface area (Å²) in [5.74, 6) is -0.0149. The number of anilines is 1. The van der Waals surface area contributed by atoms with Gasteiger partial charge in [-0.15, -0.1) is 0 Å². The molecule has 0 radical (unpaired) electrons. The smallest absolute Gasteiger partial charge is 0.252 e. The highest BCUT2D eigenvalue weighted by atomic mass is 16.1. The lowest BCUT2D eigenvalue weighted by molar-refractivity contribution is 0.100. The summed E-state index contributed by atoms with van der Waals surface area (Å²) in [7, 11) is 0. The number of carbonyl (C=O) groups excluding carboxylic acids is 1. The number of carbonyl (C=O) groups is 1. The quantitative estimate of drug-likeness (QED) is 0.750. The number of hydrogen-bond acceptors (Lipinski definition) is 4. The Morgan fingerprint density at radius 2 is 2.17 bits per heavy atom. The molecule has 18 heavy (non-hydrogen) atoms. The van der Waals surface area contributed by atoms with Crippen molar-refractivity contribution < 1.29 is 4.79 Å². The Bertz CT molecular complexity index is 580. The van der Waals surface area contributed by atoms with Gasteiger partial charge in [-0.3, -0.25) is 4.79 Å². The molecule has 0 aliphatic carbocycles. The van der Waals surface area contributed by atoms with E-state index in [0.717, 1.165) is 10.9 Å². The van der Waals surface area contributed by atoms with Crippen LogP contribution < -0.4 is 16.8 Å². The molecule has 0 spiro atoms. The minimum Gasteiger partial charge on any atom is -0.368 e. The predicted octanol–water partition coefficient (Wildman–Crippen LogP) is 1.09. The highest BCUT2D eigenvalue weighted by Gasteiger charge is 2.11. The van der Waals surface area contributed by atoms with Crippen molar-refractivity contribution in [1.82, 2.24) is 4.98 Å². The van der Waals surface area contributed by atoms with Crippen LogP contribution in [0, 0.1) is 0 Å². The second kappa shape index (κ2) is 5.01. The summed E-state index contributed by atoms with van der Waals surface area (Å²) in [6.45, 7) is 2.41. The van der Waals surface area contributed by atoms with Crippen molar-refractivity contribution in [3.63, 3.8) is 0 Å². The first-order chi connectivity index (χ1) is 8.58. The van der Waals surface area contributed by atoms with E-state index >= 15 is 0 Å². The molecule has 1 aromatic heterocycles. The fourth-order valence-electron chi connectivity index (χ4n) is 1.70. The van der Waals surface area contributed by atoms with Gasteiger partial charge in [0.05, 0.1) is 11.1 Å². The molecule has 1 unspecified atom stereocenters. The molecule has 5 heteroatoms. The number of nitrogens with two attached hydrogens (primary N) is 2. The molecule has 1 heterocycles. The first-order valence-corrected chi connectivity index (χ1v) is 5.77. The zero-order chi connectivity index (χ0) is 13.1. The van der Waals surface area contributed by atoms with Gasteiger partial charge in [-0.05, 0) is 19.1 Å². The molecule has 0 aliphatic heterocycles. The van der Waals surface area contributed by atoms with E-state index in [4.69, 9.17) is 11.5 Å². The third-order valence-electron chi connectivity index (χ3n) is 2.58. The van der Waals surface area contributed by atoms with E-state index in [0.29, 0.717) is 17.9 Å². The van der Waals surface area contributed by atoms with Crippen LogP contribution in [-0.2, 0) is 0 Å². The average molecular weight is 244 g/mol. The lowest BCUT2D eigenvalue weighted by atomic mass is 10.1. The Morgan fingerprint density at radius 1 is 1.44 bits per heavy atom. The maximum absolute atomic E-state index is 11.4. The van der Waals surface area contributed by atoms with Crippen molar-refractivity contribution in [2.45, 2.75) is 13.0 Å². The summed E-state index contributed by atoms with van der Waals surface area (Å²) in [5.41, 5.74) is 12.2. The van der Waals surface area contributed by atoms with Crippen molar-refractivity contribution in [3.8, 4) is 0 Å².